The zero-order valence-corrected chi connectivity index (χ0v) is 28.6. The van der Waals surface area contributed by atoms with Crippen LogP contribution in [0.3, 0.4) is 0 Å². The molecule has 0 bridgehead atoms. The van der Waals surface area contributed by atoms with Crippen molar-refractivity contribution < 1.29 is 24.8 Å². The number of aryl methyl sites for hydroxylation is 1. The summed E-state index contributed by atoms with van der Waals surface area (Å²) in [5.74, 6) is -0.468. The summed E-state index contributed by atoms with van der Waals surface area (Å²) in [6.45, 7) is 14.7. The molecule has 0 atom stereocenters. The van der Waals surface area contributed by atoms with Crippen molar-refractivity contribution in [1.82, 2.24) is 9.55 Å². The van der Waals surface area contributed by atoms with Gasteiger partial charge < -0.3 is 37.6 Å². The van der Waals surface area contributed by atoms with Crippen LogP contribution in [0.5, 0.6) is 0 Å². The highest BCUT2D eigenvalue weighted by atomic mass is 19.1. The number of hydrogen-bond donors (Lipinski definition) is 7. The summed E-state index contributed by atoms with van der Waals surface area (Å²) in [5.41, 5.74) is 18.4. The maximum absolute atomic E-state index is 14.4. The third-order valence-electron chi connectivity index (χ3n) is 7.70. The lowest BCUT2D eigenvalue weighted by Gasteiger charge is -2.23. The number of nitrogens with zero attached hydrogens (tertiary/aromatic N) is 2. The van der Waals surface area contributed by atoms with Gasteiger partial charge >= 0.3 is 0 Å². The standard InChI is InChI=1S/C18H24FN3O2.C18H24N2O3/c1-17(2,23)12-9-13(19)10(8-15(12)21)7-11-5-6-14(20)16(22-11)18(3,4)24;1-11-8-16(21)20(10-14(11)18(4,5)23)12-6-7-13(15(19)9-12)17(2,3)22/h5-6,8-9,23-24H,7,20-21H2,1-4H3;6-10,22-23H,19H2,1-5H3. The average molecular weight is 650 g/mol. The van der Waals surface area contributed by atoms with Crippen LogP contribution in [0.15, 0.2) is 59.5 Å². The minimum atomic E-state index is -1.23. The third-order valence-corrected chi connectivity index (χ3v) is 7.70. The average Bonchev–Trinajstić information content (AvgIpc) is 2.89. The van der Waals surface area contributed by atoms with Crippen LogP contribution in [0.25, 0.3) is 5.69 Å². The van der Waals surface area contributed by atoms with Crippen molar-refractivity contribution in [3.63, 3.8) is 0 Å². The van der Waals surface area contributed by atoms with Crippen LogP contribution in [0, 0.1) is 12.7 Å². The zero-order valence-electron chi connectivity index (χ0n) is 28.6. The first-order chi connectivity index (χ1) is 21.3. The molecule has 0 aliphatic heterocycles. The van der Waals surface area contributed by atoms with E-state index >= 15 is 0 Å². The van der Waals surface area contributed by atoms with E-state index in [0.29, 0.717) is 56.4 Å². The van der Waals surface area contributed by atoms with E-state index in [2.05, 4.69) is 4.98 Å². The molecule has 11 heteroatoms. The monoisotopic (exact) mass is 649 g/mol. The van der Waals surface area contributed by atoms with Gasteiger partial charge in [0.05, 0.1) is 33.9 Å². The predicted octanol–water partition coefficient (Wildman–Crippen LogP) is 4.61. The third kappa shape index (κ3) is 8.95. The number of aromatic nitrogens is 2. The Morgan fingerprint density at radius 3 is 1.77 bits per heavy atom. The highest BCUT2D eigenvalue weighted by molar-refractivity contribution is 5.56. The Morgan fingerprint density at radius 2 is 1.26 bits per heavy atom. The van der Waals surface area contributed by atoms with Crippen molar-refractivity contribution in [2.45, 2.75) is 91.1 Å². The second-order valence-corrected chi connectivity index (χ2v) is 14.0. The minimum Gasteiger partial charge on any atom is -0.398 e. The second-order valence-electron chi connectivity index (χ2n) is 14.0. The molecule has 4 aromatic rings. The molecule has 0 aliphatic carbocycles. The SMILES string of the molecule is CC(C)(O)c1cc(F)c(Cc2ccc(N)c(C(C)(C)O)n2)cc1N.Cc1cc(=O)n(-c2ccc(C(C)(C)O)c(N)c2)cc1C(C)(C)O. The summed E-state index contributed by atoms with van der Waals surface area (Å²) in [4.78, 5) is 16.7. The Bertz CT molecular complexity index is 1820. The maximum Gasteiger partial charge on any atom is 0.255 e. The van der Waals surface area contributed by atoms with Crippen molar-refractivity contribution in [3.05, 3.63) is 110 Å². The smallest absolute Gasteiger partial charge is 0.255 e. The van der Waals surface area contributed by atoms with E-state index in [1.807, 2.05) is 0 Å². The molecule has 254 valence electrons. The Hall–Kier alpha value is -4.29. The van der Waals surface area contributed by atoms with E-state index in [-0.39, 0.29) is 12.0 Å². The van der Waals surface area contributed by atoms with Gasteiger partial charge in [0, 0.05) is 52.4 Å². The Kier molecular flexibility index (Phi) is 10.3. The number of hydrogen-bond acceptors (Lipinski definition) is 9. The minimum absolute atomic E-state index is 0.200. The van der Waals surface area contributed by atoms with Crippen LogP contribution in [-0.4, -0.2) is 30.0 Å². The number of pyridine rings is 2. The Labute approximate surface area is 275 Å². The first-order valence-electron chi connectivity index (χ1n) is 15.2. The van der Waals surface area contributed by atoms with Crippen LogP contribution in [0.1, 0.15) is 94.6 Å². The van der Waals surface area contributed by atoms with E-state index < -0.39 is 28.2 Å². The normalized spacial score (nSPS) is 12.5. The quantitative estimate of drug-likeness (QED) is 0.140. The summed E-state index contributed by atoms with van der Waals surface area (Å²) >= 11 is 0. The van der Waals surface area contributed by atoms with Gasteiger partial charge in [0.1, 0.15) is 11.4 Å². The number of anilines is 3. The predicted molar refractivity (Wildman–Crippen MR) is 184 cm³/mol. The lowest BCUT2D eigenvalue weighted by Crippen LogP contribution is -2.25. The summed E-state index contributed by atoms with van der Waals surface area (Å²) < 4.78 is 15.8. The zero-order chi connectivity index (χ0) is 35.9. The molecule has 47 heavy (non-hydrogen) atoms. The molecule has 2 aromatic carbocycles. The lowest BCUT2D eigenvalue weighted by atomic mass is 9.93. The largest absolute Gasteiger partial charge is 0.398 e. The fraction of sp³-hybridized carbons (Fsp3) is 0.389. The second kappa shape index (κ2) is 13.1. The van der Waals surface area contributed by atoms with Crippen LogP contribution in [0.2, 0.25) is 0 Å². The molecule has 0 unspecified atom stereocenters. The van der Waals surface area contributed by atoms with E-state index in [1.165, 1.54) is 22.8 Å². The van der Waals surface area contributed by atoms with E-state index in [4.69, 9.17) is 17.2 Å². The first kappa shape index (κ1) is 37.2. The Balaban J connectivity index is 0.000000256. The molecular formula is C36H48FN5O5. The first-order valence-corrected chi connectivity index (χ1v) is 15.2. The molecule has 0 saturated heterocycles. The number of halogens is 1. The molecule has 2 heterocycles. The van der Waals surface area contributed by atoms with Gasteiger partial charge in [0.25, 0.3) is 5.56 Å². The summed E-state index contributed by atoms with van der Waals surface area (Å²) in [6.07, 6.45) is 1.84. The molecule has 10 nitrogen and oxygen atoms in total. The molecule has 0 amide bonds. The number of rotatable bonds is 7. The van der Waals surface area contributed by atoms with Crippen LogP contribution >= 0.6 is 0 Å². The topological polar surface area (TPSA) is 194 Å². The number of nitrogen functional groups attached to an aromatic ring is 3. The van der Waals surface area contributed by atoms with Crippen molar-refractivity contribution in [1.29, 1.82) is 0 Å². The van der Waals surface area contributed by atoms with Gasteiger partial charge in [0.15, 0.2) is 0 Å². The van der Waals surface area contributed by atoms with Crippen molar-refractivity contribution >= 4 is 17.1 Å². The van der Waals surface area contributed by atoms with Crippen molar-refractivity contribution in [2.75, 3.05) is 17.2 Å². The number of benzene rings is 2. The van der Waals surface area contributed by atoms with Crippen molar-refractivity contribution in [2.24, 2.45) is 0 Å². The molecule has 2 aromatic heterocycles. The number of nitrogens with two attached hydrogens (primary N) is 3. The molecule has 0 spiro atoms. The Morgan fingerprint density at radius 1 is 0.702 bits per heavy atom. The number of aliphatic hydroxyl groups is 4. The van der Waals surface area contributed by atoms with Crippen molar-refractivity contribution in [3.8, 4) is 5.69 Å². The van der Waals surface area contributed by atoms with Gasteiger partial charge in [-0.25, -0.2) is 4.39 Å². The summed E-state index contributed by atoms with van der Waals surface area (Å²) in [5, 5.41) is 40.5. The highest BCUT2D eigenvalue weighted by Gasteiger charge is 2.25. The van der Waals surface area contributed by atoms with Gasteiger partial charge in [-0.15, -0.1) is 0 Å². The van der Waals surface area contributed by atoms with E-state index in [9.17, 15) is 29.6 Å². The maximum atomic E-state index is 14.4. The molecule has 0 saturated carbocycles. The van der Waals surface area contributed by atoms with Crippen LogP contribution in [-0.2, 0) is 28.8 Å². The van der Waals surface area contributed by atoms with E-state index in [1.54, 1.807) is 98.8 Å². The molecular weight excluding hydrogens is 601 g/mol. The van der Waals surface area contributed by atoms with Crippen LogP contribution in [0.4, 0.5) is 21.5 Å². The van der Waals surface area contributed by atoms with Gasteiger partial charge in [-0.05, 0) is 110 Å². The van der Waals surface area contributed by atoms with Gasteiger partial charge in [-0.3, -0.25) is 14.3 Å². The summed E-state index contributed by atoms with van der Waals surface area (Å²) in [6, 6.07) is 12.7. The van der Waals surface area contributed by atoms with E-state index in [0.717, 1.165) is 5.56 Å². The van der Waals surface area contributed by atoms with Gasteiger partial charge in [-0.2, -0.15) is 0 Å². The molecule has 0 fully saturated rings. The van der Waals surface area contributed by atoms with Crippen LogP contribution < -0.4 is 22.8 Å². The lowest BCUT2D eigenvalue weighted by molar-refractivity contribution is 0.0743. The molecule has 4 rings (SSSR count). The summed E-state index contributed by atoms with van der Waals surface area (Å²) in [7, 11) is 0. The fourth-order valence-electron chi connectivity index (χ4n) is 5.32. The highest BCUT2D eigenvalue weighted by Crippen LogP contribution is 2.31. The van der Waals surface area contributed by atoms with Gasteiger partial charge in [-0.1, -0.05) is 6.07 Å². The molecule has 10 N–H and O–H groups in total. The molecule has 0 radical (unpaired) electrons. The molecule has 0 aliphatic rings. The van der Waals surface area contributed by atoms with Gasteiger partial charge in [0.2, 0.25) is 0 Å². The fourth-order valence-corrected chi connectivity index (χ4v) is 5.32.